The Bertz CT molecular complexity index is 363. The summed E-state index contributed by atoms with van der Waals surface area (Å²) < 4.78 is 1.15. The van der Waals surface area contributed by atoms with Crippen molar-refractivity contribution in [1.82, 2.24) is 0 Å². The second kappa shape index (κ2) is 6.16. The van der Waals surface area contributed by atoms with Crippen molar-refractivity contribution in [2.24, 2.45) is 11.7 Å². The van der Waals surface area contributed by atoms with Gasteiger partial charge in [0.15, 0.2) is 0 Å². The molecule has 2 nitrogen and oxygen atoms in total. The SMILES string of the molecule is N[C@@H](c1ccccc1I)[C@H](O)C1CCCCC1. The summed E-state index contributed by atoms with van der Waals surface area (Å²) in [6.45, 7) is 0. The van der Waals surface area contributed by atoms with E-state index in [9.17, 15) is 5.11 Å². The summed E-state index contributed by atoms with van der Waals surface area (Å²) in [5, 5.41) is 10.4. The van der Waals surface area contributed by atoms with E-state index in [2.05, 4.69) is 22.6 Å². The molecule has 0 unspecified atom stereocenters. The lowest BCUT2D eigenvalue weighted by atomic mass is 9.81. The molecule has 17 heavy (non-hydrogen) atoms. The van der Waals surface area contributed by atoms with Gasteiger partial charge in [-0.25, -0.2) is 0 Å². The molecule has 1 aliphatic carbocycles. The lowest BCUT2D eigenvalue weighted by Crippen LogP contribution is -2.34. The van der Waals surface area contributed by atoms with Crippen LogP contribution in [0.15, 0.2) is 24.3 Å². The lowest BCUT2D eigenvalue weighted by Gasteiger charge is -2.31. The molecule has 94 valence electrons. The van der Waals surface area contributed by atoms with Gasteiger partial charge >= 0.3 is 0 Å². The van der Waals surface area contributed by atoms with Gasteiger partial charge in [0, 0.05) is 3.57 Å². The molecular formula is C14H20INO. The third-order valence-electron chi connectivity index (χ3n) is 3.77. The van der Waals surface area contributed by atoms with E-state index in [1.54, 1.807) is 0 Å². The van der Waals surface area contributed by atoms with E-state index in [0.29, 0.717) is 5.92 Å². The lowest BCUT2D eigenvalue weighted by molar-refractivity contribution is 0.0616. The Morgan fingerprint density at radius 2 is 1.82 bits per heavy atom. The Morgan fingerprint density at radius 3 is 2.47 bits per heavy atom. The molecule has 3 heteroatoms. The zero-order chi connectivity index (χ0) is 12.3. The average molecular weight is 345 g/mol. The van der Waals surface area contributed by atoms with E-state index in [1.807, 2.05) is 24.3 Å². The molecular weight excluding hydrogens is 325 g/mol. The molecule has 1 aromatic rings. The number of aliphatic hydroxyl groups is 1. The van der Waals surface area contributed by atoms with Crippen molar-refractivity contribution in [1.29, 1.82) is 0 Å². The molecule has 1 saturated carbocycles. The summed E-state index contributed by atoms with van der Waals surface area (Å²) in [5.41, 5.74) is 7.29. The first-order valence-electron chi connectivity index (χ1n) is 6.38. The topological polar surface area (TPSA) is 46.2 Å². The van der Waals surface area contributed by atoms with Crippen molar-refractivity contribution in [3.8, 4) is 0 Å². The third kappa shape index (κ3) is 3.20. The predicted molar refractivity (Wildman–Crippen MR) is 78.7 cm³/mol. The van der Waals surface area contributed by atoms with E-state index in [4.69, 9.17) is 5.73 Å². The van der Waals surface area contributed by atoms with Crippen LogP contribution in [-0.4, -0.2) is 11.2 Å². The minimum Gasteiger partial charge on any atom is -0.391 e. The standard InChI is InChI=1S/C14H20INO/c15-12-9-5-4-8-11(12)13(16)14(17)10-6-2-1-3-7-10/h4-5,8-10,13-14,17H,1-3,6-7,16H2/t13-,14+/m0/s1. The first-order chi connectivity index (χ1) is 8.20. The van der Waals surface area contributed by atoms with Crippen molar-refractivity contribution in [2.45, 2.75) is 44.2 Å². The van der Waals surface area contributed by atoms with E-state index in [-0.39, 0.29) is 6.04 Å². The van der Waals surface area contributed by atoms with Gasteiger partial charge in [-0.3, -0.25) is 0 Å². The van der Waals surface area contributed by atoms with Crippen molar-refractivity contribution < 1.29 is 5.11 Å². The van der Waals surface area contributed by atoms with Crippen molar-refractivity contribution in [2.75, 3.05) is 0 Å². The van der Waals surface area contributed by atoms with E-state index in [0.717, 1.165) is 22.0 Å². The molecule has 0 bridgehead atoms. The van der Waals surface area contributed by atoms with Crippen molar-refractivity contribution >= 4 is 22.6 Å². The molecule has 1 aromatic carbocycles. The number of benzene rings is 1. The first kappa shape index (κ1) is 13.3. The third-order valence-corrected chi connectivity index (χ3v) is 4.75. The van der Waals surface area contributed by atoms with Crippen LogP contribution in [0.4, 0.5) is 0 Å². The van der Waals surface area contributed by atoms with Gasteiger partial charge in [-0.1, -0.05) is 37.5 Å². The minimum absolute atomic E-state index is 0.244. The van der Waals surface area contributed by atoms with Gasteiger partial charge in [0.05, 0.1) is 12.1 Å². The number of rotatable bonds is 3. The minimum atomic E-state index is -0.397. The quantitative estimate of drug-likeness (QED) is 0.827. The molecule has 0 radical (unpaired) electrons. The molecule has 1 aliphatic rings. The van der Waals surface area contributed by atoms with Crippen LogP contribution in [0.2, 0.25) is 0 Å². The molecule has 2 rings (SSSR count). The summed E-state index contributed by atoms with van der Waals surface area (Å²) in [6.07, 6.45) is 5.63. The maximum absolute atomic E-state index is 10.4. The van der Waals surface area contributed by atoms with Crippen LogP contribution in [-0.2, 0) is 0 Å². The van der Waals surface area contributed by atoms with E-state index >= 15 is 0 Å². The van der Waals surface area contributed by atoms with Crippen molar-refractivity contribution in [3.63, 3.8) is 0 Å². The molecule has 2 atom stereocenters. The van der Waals surface area contributed by atoms with Gasteiger partial charge in [0.2, 0.25) is 0 Å². The van der Waals surface area contributed by atoms with Crippen LogP contribution in [0.1, 0.15) is 43.7 Å². The highest BCUT2D eigenvalue weighted by Gasteiger charge is 2.28. The highest BCUT2D eigenvalue weighted by Crippen LogP contribution is 2.32. The zero-order valence-electron chi connectivity index (χ0n) is 9.98. The Labute approximate surface area is 117 Å². The Kier molecular flexibility index (Phi) is 4.82. The highest BCUT2D eigenvalue weighted by molar-refractivity contribution is 14.1. The zero-order valence-corrected chi connectivity index (χ0v) is 12.1. The van der Waals surface area contributed by atoms with Gasteiger partial charge in [-0.2, -0.15) is 0 Å². The molecule has 0 saturated heterocycles. The molecule has 0 amide bonds. The molecule has 1 fully saturated rings. The second-order valence-electron chi connectivity index (χ2n) is 4.94. The average Bonchev–Trinajstić information content (AvgIpc) is 2.39. The fourth-order valence-corrected chi connectivity index (χ4v) is 3.45. The van der Waals surface area contributed by atoms with Gasteiger partial charge < -0.3 is 10.8 Å². The largest absolute Gasteiger partial charge is 0.391 e. The van der Waals surface area contributed by atoms with Crippen molar-refractivity contribution in [3.05, 3.63) is 33.4 Å². The van der Waals surface area contributed by atoms with Gasteiger partial charge in [0.25, 0.3) is 0 Å². The number of hydrogen-bond donors (Lipinski definition) is 2. The second-order valence-corrected chi connectivity index (χ2v) is 6.10. The number of nitrogens with two attached hydrogens (primary N) is 1. The summed E-state index contributed by atoms with van der Waals surface area (Å²) >= 11 is 2.29. The summed E-state index contributed by atoms with van der Waals surface area (Å²) in [5.74, 6) is 0.384. The van der Waals surface area contributed by atoms with Gasteiger partial charge in [0.1, 0.15) is 0 Å². The highest BCUT2D eigenvalue weighted by atomic mass is 127. The van der Waals surface area contributed by atoms with Crippen LogP contribution in [0.3, 0.4) is 0 Å². The maximum Gasteiger partial charge on any atom is 0.0761 e. The number of hydrogen-bond acceptors (Lipinski definition) is 2. The van der Waals surface area contributed by atoms with Gasteiger partial charge in [-0.05, 0) is 53.0 Å². The normalized spacial score (nSPS) is 21.1. The van der Waals surface area contributed by atoms with E-state index in [1.165, 1.54) is 19.3 Å². The summed E-state index contributed by atoms with van der Waals surface area (Å²) in [6, 6.07) is 7.82. The van der Waals surface area contributed by atoms with Crippen LogP contribution in [0.25, 0.3) is 0 Å². The fourth-order valence-electron chi connectivity index (χ4n) is 2.70. The monoisotopic (exact) mass is 345 g/mol. The van der Waals surface area contributed by atoms with Crippen LogP contribution >= 0.6 is 22.6 Å². The van der Waals surface area contributed by atoms with Crippen LogP contribution in [0.5, 0.6) is 0 Å². The Balaban J connectivity index is 2.08. The molecule has 0 aliphatic heterocycles. The summed E-state index contributed by atoms with van der Waals surface area (Å²) in [4.78, 5) is 0. The van der Waals surface area contributed by atoms with Crippen LogP contribution < -0.4 is 5.73 Å². The fraction of sp³-hybridized carbons (Fsp3) is 0.571. The first-order valence-corrected chi connectivity index (χ1v) is 7.46. The number of aliphatic hydroxyl groups excluding tert-OH is 1. The van der Waals surface area contributed by atoms with Crippen LogP contribution in [0, 0.1) is 9.49 Å². The molecule has 3 N–H and O–H groups in total. The molecule has 0 aromatic heterocycles. The summed E-state index contributed by atoms with van der Waals surface area (Å²) in [7, 11) is 0. The number of halogens is 1. The maximum atomic E-state index is 10.4. The Hall–Kier alpha value is -0.130. The Morgan fingerprint density at radius 1 is 1.18 bits per heavy atom. The molecule has 0 heterocycles. The van der Waals surface area contributed by atoms with Gasteiger partial charge in [-0.15, -0.1) is 0 Å². The molecule has 0 spiro atoms. The predicted octanol–water partition coefficient (Wildman–Crippen LogP) is 3.23. The smallest absolute Gasteiger partial charge is 0.0761 e. The van der Waals surface area contributed by atoms with E-state index < -0.39 is 6.10 Å².